The number of carbonyl (C=O) groups excluding carboxylic acids is 1. The molecule has 126 valence electrons. The molecule has 6 nitrogen and oxygen atoms in total. The zero-order valence-electron chi connectivity index (χ0n) is 13.2. The number of thiazole rings is 1. The molecule has 3 atom stereocenters. The van der Waals surface area contributed by atoms with Gasteiger partial charge < -0.3 is 4.74 Å². The van der Waals surface area contributed by atoms with E-state index in [1.807, 2.05) is 11.6 Å². The van der Waals surface area contributed by atoms with Crippen LogP contribution in [0, 0.1) is 11.8 Å². The number of nitrogens with zero attached hydrogens (tertiary/aromatic N) is 3. The standard InChI is InChI=1S/C16H23N3O3S/c20-16(19-5-1-2-6-22-19)13-9-18(11-15-17-4-8-23-15)10-14-12(13)3-7-21-14/h4,8,12-14H,1-3,5-7,9-11H2/t12-,13-,14+/m1/s1. The monoisotopic (exact) mass is 337 g/mol. The molecule has 23 heavy (non-hydrogen) atoms. The first-order valence-corrected chi connectivity index (χ1v) is 9.36. The summed E-state index contributed by atoms with van der Waals surface area (Å²) in [5.41, 5.74) is 0. The molecule has 0 N–H and O–H groups in total. The highest BCUT2D eigenvalue weighted by Crippen LogP contribution is 2.35. The van der Waals surface area contributed by atoms with Crippen LogP contribution in [0.5, 0.6) is 0 Å². The Bertz CT molecular complexity index is 533. The molecular formula is C16H23N3O3S. The minimum Gasteiger partial charge on any atom is -0.377 e. The lowest BCUT2D eigenvalue weighted by Gasteiger charge is -2.41. The number of hydroxylamine groups is 2. The lowest BCUT2D eigenvalue weighted by molar-refractivity contribution is -0.205. The summed E-state index contributed by atoms with van der Waals surface area (Å²) in [7, 11) is 0. The maximum absolute atomic E-state index is 12.9. The highest BCUT2D eigenvalue weighted by molar-refractivity contribution is 7.09. The van der Waals surface area contributed by atoms with Gasteiger partial charge in [-0.2, -0.15) is 0 Å². The van der Waals surface area contributed by atoms with Crippen molar-refractivity contribution < 1.29 is 14.4 Å². The first-order valence-electron chi connectivity index (χ1n) is 8.48. The van der Waals surface area contributed by atoms with E-state index in [0.29, 0.717) is 12.5 Å². The minimum atomic E-state index is -0.0192. The molecule has 0 bridgehead atoms. The maximum Gasteiger partial charge on any atom is 0.250 e. The zero-order valence-corrected chi connectivity index (χ0v) is 14.0. The van der Waals surface area contributed by atoms with Crippen LogP contribution >= 0.6 is 11.3 Å². The molecule has 3 fully saturated rings. The van der Waals surface area contributed by atoms with E-state index >= 15 is 0 Å². The largest absolute Gasteiger partial charge is 0.377 e. The number of amides is 1. The molecule has 3 aliphatic rings. The number of aromatic nitrogens is 1. The van der Waals surface area contributed by atoms with Gasteiger partial charge in [-0.3, -0.25) is 14.5 Å². The molecule has 0 saturated carbocycles. The van der Waals surface area contributed by atoms with Crippen LogP contribution in [0.25, 0.3) is 0 Å². The van der Waals surface area contributed by atoms with Crippen molar-refractivity contribution in [2.45, 2.75) is 31.9 Å². The van der Waals surface area contributed by atoms with Crippen LogP contribution in [0.3, 0.4) is 0 Å². The molecule has 4 rings (SSSR count). The van der Waals surface area contributed by atoms with Crippen LogP contribution in [-0.4, -0.2) is 59.8 Å². The normalized spacial score (nSPS) is 32.0. The van der Waals surface area contributed by atoms with Gasteiger partial charge in [0.1, 0.15) is 5.01 Å². The van der Waals surface area contributed by atoms with Crippen LogP contribution in [0.4, 0.5) is 0 Å². The molecule has 3 saturated heterocycles. The number of fused-ring (bicyclic) bond motifs is 1. The third-order valence-corrected chi connectivity index (χ3v) is 5.84. The van der Waals surface area contributed by atoms with E-state index in [4.69, 9.17) is 9.57 Å². The summed E-state index contributed by atoms with van der Waals surface area (Å²) in [5.74, 6) is 0.462. The maximum atomic E-state index is 12.9. The Morgan fingerprint density at radius 3 is 3.09 bits per heavy atom. The van der Waals surface area contributed by atoms with Crippen molar-refractivity contribution in [1.82, 2.24) is 14.9 Å². The number of carbonyl (C=O) groups is 1. The molecule has 7 heteroatoms. The van der Waals surface area contributed by atoms with E-state index in [1.54, 1.807) is 16.4 Å². The summed E-state index contributed by atoms with van der Waals surface area (Å²) < 4.78 is 5.90. The molecule has 0 aliphatic carbocycles. The third-order valence-electron chi connectivity index (χ3n) is 5.08. The predicted octanol–water partition coefficient (Wildman–Crippen LogP) is 1.53. The van der Waals surface area contributed by atoms with Crippen LogP contribution in [0.15, 0.2) is 11.6 Å². The highest BCUT2D eigenvalue weighted by Gasteiger charge is 2.45. The van der Waals surface area contributed by atoms with E-state index in [-0.39, 0.29) is 17.9 Å². The number of hydrogen-bond acceptors (Lipinski definition) is 6. The molecule has 0 aromatic carbocycles. The quantitative estimate of drug-likeness (QED) is 0.837. The second-order valence-electron chi connectivity index (χ2n) is 6.57. The van der Waals surface area contributed by atoms with Crippen LogP contribution in [0.2, 0.25) is 0 Å². The molecule has 1 amide bonds. The molecule has 0 spiro atoms. The average molecular weight is 337 g/mol. The summed E-state index contributed by atoms with van der Waals surface area (Å²) in [6, 6.07) is 0. The van der Waals surface area contributed by atoms with Crippen molar-refractivity contribution in [3.63, 3.8) is 0 Å². The van der Waals surface area contributed by atoms with Gasteiger partial charge in [-0.05, 0) is 19.3 Å². The third kappa shape index (κ3) is 3.28. The Kier molecular flexibility index (Phi) is 4.61. The van der Waals surface area contributed by atoms with Crippen LogP contribution in [-0.2, 0) is 20.9 Å². The summed E-state index contributed by atoms with van der Waals surface area (Å²) in [6.45, 7) is 4.63. The minimum absolute atomic E-state index is 0.0192. The van der Waals surface area contributed by atoms with E-state index < -0.39 is 0 Å². The number of piperidine rings is 1. The van der Waals surface area contributed by atoms with Crippen molar-refractivity contribution in [3.05, 3.63) is 16.6 Å². The van der Waals surface area contributed by atoms with E-state index in [9.17, 15) is 4.79 Å². The summed E-state index contributed by atoms with van der Waals surface area (Å²) in [6.07, 6.45) is 5.07. The first-order chi connectivity index (χ1) is 11.3. The molecular weight excluding hydrogens is 314 g/mol. The van der Waals surface area contributed by atoms with E-state index in [0.717, 1.165) is 57.1 Å². The predicted molar refractivity (Wildman–Crippen MR) is 85.6 cm³/mol. The van der Waals surface area contributed by atoms with Gasteiger partial charge in [-0.15, -0.1) is 11.3 Å². The fourth-order valence-electron chi connectivity index (χ4n) is 3.92. The lowest BCUT2D eigenvalue weighted by Crippen LogP contribution is -2.53. The van der Waals surface area contributed by atoms with Gasteiger partial charge in [-0.1, -0.05) is 0 Å². The van der Waals surface area contributed by atoms with Gasteiger partial charge in [0.2, 0.25) is 0 Å². The van der Waals surface area contributed by atoms with Gasteiger partial charge in [-0.25, -0.2) is 10.0 Å². The van der Waals surface area contributed by atoms with Crippen molar-refractivity contribution >= 4 is 17.2 Å². The molecule has 0 radical (unpaired) electrons. The lowest BCUT2D eigenvalue weighted by atomic mass is 9.82. The number of ether oxygens (including phenoxy) is 1. The Morgan fingerprint density at radius 2 is 2.30 bits per heavy atom. The van der Waals surface area contributed by atoms with E-state index in [1.165, 1.54) is 0 Å². The first kappa shape index (κ1) is 15.5. The zero-order chi connectivity index (χ0) is 15.6. The van der Waals surface area contributed by atoms with Crippen molar-refractivity contribution in [3.8, 4) is 0 Å². The molecule has 1 aromatic rings. The van der Waals surface area contributed by atoms with Crippen molar-refractivity contribution in [1.29, 1.82) is 0 Å². The van der Waals surface area contributed by atoms with Gasteiger partial charge in [0.05, 0.1) is 25.2 Å². The summed E-state index contributed by atoms with van der Waals surface area (Å²) in [5, 5.41) is 4.70. The average Bonchev–Trinajstić information content (AvgIpc) is 3.26. The molecule has 3 aliphatic heterocycles. The number of rotatable bonds is 3. The highest BCUT2D eigenvalue weighted by atomic mass is 32.1. The van der Waals surface area contributed by atoms with Gasteiger partial charge in [0.15, 0.2) is 0 Å². The molecule has 1 aromatic heterocycles. The summed E-state index contributed by atoms with van der Waals surface area (Å²) in [4.78, 5) is 25.2. The fourth-order valence-corrected chi connectivity index (χ4v) is 4.58. The SMILES string of the molecule is O=C([C@@H]1CN(Cc2nccs2)C[C@@H]2OCC[C@@H]21)N1CCCCO1. The van der Waals surface area contributed by atoms with Gasteiger partial charge in [0, 0.05) is 43.7 Å². The van der Waals surface area contributed by atoms with Crippen LogP contribution in [0.1, 0.15) is 24.3 Å². The van der Waals surface area contributed by atoms with Gasteiger partial charge in [0.25, 0.3) is 5.91 Å². The summed E-state index contributed by atoms with van der Waals surface area (Å²) >= 11 is 1.67. The Balaban J connectivity index is 1.47. The van der Waals surface area contributed by atoms with E-state index in [2.05, 4.69) is 9.88 Å². The second kappa shape index (κ2) is 6.84. The number of hydrogen-bond donors (Lipinski definition) is 0. The Hall–Kier alpha value is -1.02. The topological polar surface area (TPSA) is 54.9 Å². The van der Waals surface area contributed by atoms with Crippen molar-refractivity contribution in [2.75, 3.05) is 32.8 Å². The second-order valence-corrected chi connectivity index (χ2v) is 7.55. The van der Waals surface area contributed by atoms with Crippen molar-refractivity contribution in [2.24, 2.45) is 11.8 Å². The Morgan fingerprint density at radius 1 is 1.35 bits per heavy atom. The smallest absolute Gasteiger partial charge is 0.250 e. The molecule has 0 unspecified atom stereocenters. The Labute approximate surface area is 140 Å². The number of likely N-dealkylation sites (tertiary alicyclic amines) is 1. The molecule has 4 heterocycles. The van der Waals surface area contributed by atoms with Gasteiger partial charge >= 0.3 is 0 Å². The fraction of sp³-hybridized carbons (Fsp3) is 0.750. The van der Waals surface area contributed by atoms with Crippen LogP contribution < -0.4 is 0 Å².